The van der Waals surface area contributed by atoms with E-state index in [1.165, 1.54) is 12.3 Å². The van der Waals surface area contributed by atoms with Gasteiger partial charge in [-0.1, -0.05) is 11.6 Å². The fraction of sp³-hybridized carbons (Fsp3) is 0.0769. The van der Waals surface area contributed by atoms with Crippen LogP contribution in [0.5, 0.6) is 0 Å². The summed E-state index contributed by atoms with van der Waals surface area (Å²) in [7, 11) is 0. The van der Waals surface area contributed by atoms with Crippen molar-refractivity contribution in [2.75, 3.05) is 5.73 Å². The molecule has 0 aliphatic heterocycles. The first kappa shape index (κ1) is 15.1. The van der Waals surface area contributed by atoms with Crippen LogP contribution in [0.15, 0.2) is 30.5 Å². The number of anilines is 1. The fourth-order valence-electron chi connectivity index (χ4n) is 1.74. The van der Waals surface area contributed by atoms with E-state index >= 15 is 0 Å². The van der Waals surface area contributed by atoms with E-state index in [-0.39, 0.29) is 27.5 Å². The average Bonchev–Trinajstić information content (AvgIpc) is 2.38. The van der Waals surface area contributed by atoms with Gasteiger partial charge in [0.2, 0.25) is 0 Å². The van der Waals surface area contributed by atoms with Gasteiger partial charge >= 0.3 is 6.18 Å². The Hall–Kier alpha value is -2.28. The van der Waals surface area contributed by atoms with Gasteiger partial charge in [-0.15, -0.1) is 0 Å². The van der Waals surface area contributed by atoms with Gasteiger partial charge in [0.05, 0.1) is 11.1 Å². The predicted octanol–water partition coefficient (Wildman–Crippen LogP) is 3.10. The van der Waals surface area contributed by atoms with Crippen molar-refractivity contribution >= 4 is 23.3 Å². The first-order chi connectivity index (χ1) is 9.70. The number of nitrogens with zero attached hydrogens (tertiary/aromatic N) is 1. The molecule has 0 atom stereocenters. The zero-order valence-electron chi connectivity index (χ0n) is 10.4. The highest BCUT2D eigenvalue weighted by molar-refractivity contribution is 6.33. The normalized spacial score (nSPS) is 11.4. The van der Waals surface area contributed by atoms with Crippen LogP contribution in [0, 0.1) is 0 Å². The van der Waals surface area contributed by atoms with Crippen molar-refractivity contribution in [2.24, 2.45) is 5.73 Å². The van der Waals surface area contributed by atoms with E-state index in [4.69, 9.17) is 23.1 Å². The molecule has 8 heteroatoms. The molecule has 0 saturated heterocycles. The van der Waals surface area contributed by atoms with Crippen LogP contribution in [-0.2, 0) is 6.18 Å². The molecular formula is C13H9ClF3N3O. The molecule has 21 heavy (non-hydrogen) atoms. The lowest BCUT2D eigenvalue weighted by Crippen LogP contribution is -2.14. The van der Waals surface area contributed by atoms with E-state index in [9.17, 15) is 18.0 Å². The Kier molecular flexibility index (Phi) is 3.78. The lowest BCUT2D eigenvalue weighted by atomic mass is 10.0. The summed E-state index contributed by atoms with van der Waals surface area (Å²) in [4.78, 5) is 15.0. The van der Waals surface area contributed by atoms with Crippen LogP contribution in [0.25, 0.3) is 11.1 Å². The number of alkyl halides is 3. The molecule has 2 aromatic rings. The molecule has 4 N–H and O–H groups in total. The summed E-state index contributed by atoms with van der Waals surface area (Å²) in [6.07, 6.45) is -3.28. The maximum atomic E-state index is 12.7. The van der Waals surface area contributed by atoms with Gasteiger partial charge in [0, 0.05) is 22.3 Å². The summed E-state index contributed by atoms with van der Waals surface area (Å²) in [6, 6.07) is 4.12. The van der Waals surface area contributed by atoms with Gasteiger partial charge in [0.1, 0.15) is 5.82 Å². The zero-order valence-corrected chi connectivity index (χ0v) is 11.2. The standard InChI is InChI=1S/C13H9ClF3N3O/c14-10-2-1-7(13(15,16)17)4-8(10)6-3-9(12(19)21)11(18)20-5-6/h1-5H,(H2,18,20)(H2,19,21). The molecule has 0 spiro atoms. The molecule has 1 aromatic heterocycles. The summed E-state index contributed by atoms with van der Waals surface area (Å²) in [6.45, 7) is 0. The highest BCUT2D eigenvalue weighted by atomic mass is 35.5. The summed E-state index contributed by atoms with van der Waals surface area (Å²) >= 11 is 5.91. The average molecular weight is 316 g/mol. The first-order valence-electron chi connectivity index (χ1n) is 5.62. The lowest BCUT2D eigenvalue weighted by molar-refractivity contribution is -0.137. The number of hydrogen-bond donors (Lipinski definition) is 2. The highest BCUT2D eigenvalue weighted by Crippen LogP contribution is 2.36. The Morgan fingerprint density at radius 2 is 1.90 bits per heavy atom. The van der Waals surface area contributed by atoms with Crippen LogP contribution < -0.4 is 11.5 Å². The Labute approximate surface area is 122 Å². The van der Waals surface area contributed by atoms with Gasteiger partial charge in [-0.3, -0.25) is 4.79 Å². The smallest absolute Gasteiger partial charge is 0.383 e. The molecule has 0 aliphatic rings. The number of halogens is 4. The van der Waals surface area contributed by atoms with Gasteiger partial charge in [-0.25, -0.2) is 4.98 Å². The number of carbonyl (C=O) groups excluding carboxylic acids is 1. The van der Waals surface area contributed by atoms with Gasteiger partial charge in [0.25, 0.3) is 5.91 Å². The molecule has 2 rings (SSSR count). The Balaban J connectivity index is 2.61. The van der Waals surface area contributed by atoms with E-state index in [2.05, 4.69) is 4.98 Å². The van der Waals surface area contributed by atoms with E-state index in [0.717, 1.165) is 18.2 Å². The van der Waals surface area contributed by atoms with Gasteiger partial charge in [-0.05, 0) is 24.3 Å². The van der Waals surface area contributed by atoms with Crippen LogP contribution in [0.1, 0.15) is 15.9 Å². The summed E-state index contributed by atoms with van der Waals surface area (Å²) < 4.78 is 38.2. The number of aromatic nitrogens is 1. The number of primary amides is 1. The van der Waals surface area contributed by atoms with Gasteiger partial charge < -0.3 is 11.5 Å². The number of pyridine rings is 1. The summed E-state index contributed by atoms with van der Waals surface area (Å²) in [5.74, 6) is -0.931. The number of benzene rings is 1. The van der Waals surface area contributed by atoms with Crippen LogP contribution >= 0.6 is 11.6 Å². The minimum absolute atomic E-state index is 0.0824. The number of nitrogens with two attached hydrogens (primary N) is 2. The number of hydrogen-bond acceptors (Lipinski definition) is 3. The SMILES string of the molecule is NC(=O)c1cc(-c2cc(C(F)(F)F)ccc2Cl)cnc1N. The van der Waals surface area contributed by atoms with Crippen LogP contribution in [-0.4, -0.2) is 10.9 Å². The molecule has 0 radical (unpaired) electrons. The molecule has 0 bridgehead atoms. The molecule has 1 heterocycles. The van der Waals surface area contributed by atoms with Gasteiger partial charge in [0.15, 0.2) is 0 Å². The van der Waals surface area contributed by atoms with E-state index in [1.54, 1.807) is 0 Å². The molecule has 1 aromatic carbocycles. The summed E-state index contributed by atoms with van der Waals surface area (Å²) in [5.41, 5.74) is 9.96. The van der Waals surface area contributed by atoms with Crippen molar-refractivity contribution in [2.45, 2.75) is 6.18 Å². The molecule has 0 fully saturated rings. The number of amides is 1. The van der Waals surface area contributed by atoms with E-state index in [0.29, 0.717) is 0 Å². The quantitative estimate of drug-likeness (QED) is 0.893. The second kappa shape index (κ2) is 5.25. The maximum absolute atomic E-state index is 12.7. The summed E-state index contributed by atoms with van der Waals surface area (Å²) in [5, 5.41) is 0.0880. The Morgan fingerprint density at radius 1 is 1.24 bits per heavy atom. The third-order valence-electron chi connectivity index (χ3n) is 2.79. The number of rotatable bonds is 2. The number of nitrogen functional groups attached to an aromatic ring is 1. The Bertz CT molecular complexity index is 716. The largest absolute Gasteiger partial charge is 0.416 e. The van der Waals surface area contributed by atoms with Crippen LogP contribution in [0.2, 0.25) is 5.02 Å². The molecule has 0 aliphatic carbocycles. The fourth-order valence-corrected chi connectivity index (χ4v) is 1.97. The van der Waals surface area contributed by atoms with Crippen LogP contribution in [0.3, 0.4) is 0 Å². The second-order valence-corrected chi connectivity index (χ2v) is 4.62. The molecule has 110 valence electrons. The highest BCUT2D eigenvalue weighted by Gasteiger charge is 2.31. The van der Waals surface area contributed by atoms with Crippen molar-refractivity contribution in [3.8, 4) is 11.1 Å². The van der Waals surface area contributed by atoms with Crippen molar-refractivity contribution in [3.05, 3.63) is 46.6 Å². The first-order valence-corrected chi connectivity index (χ1v) is 6.00. The molecule has 4 nitrogen and oxygen atoms in total. The van der Waals surface area contributed by atoms with E-state index < -0.39 is 17.6 Å². The predicted molar refractivity (Wildman–Crippen MR) is 72.6 cm³/mol. The molecule has 1 amide bonds. The van der Waals surface area contributed by atoms with Crippen molar-refractivity contribution in [3.63, 3.8) is 0 Å². The molecule has 0 saturated carbocycles. The number of carbonyl (C=O) groups is 1. The third kappa shape index (κ3) is 3.08. The Morgan fingerprint density at radius 3 is 2.48 bits per heavy atom. The third-order valence-corrected chi connectivity index (χ3v) is 3.12. The minimum atomic E-state index is -4.51. The second-order valence-electron chi connectivity index (χ2n) is 4.21. The van der Waals surface area contributed by atoms with Crippen LogP contribution in [0.4, 0.5) is 19.0 Å². The lowest BCUT2D eigenvalue weighted by Gasteiger charge is -2.11. The van der Waals surface area contributed by atoms with Crippen molar-refractivity contribution in [1.82, 2.24) is 4.98 Å². The van der Waals surface area contributed by atoms with Crippen molar-refractivity contribution in [1.29, 1.82) is 0 Å². The van der Waals surface area contributed by atoms with E-state index in [1.807, 2.05) is 0 Å². The van der Waals surface area contributed by atoms with Gasteiger partial charge in [-0.2, -0.15) is 13.2 Å². The molecule has 0 unspecified atom stereocenters. The minimum Gasteiger partial charge on any atom is -0.383 e. The monoisotopic (exact) mass is 315 g/mol. The molecular weight excluding hydrogens is 307 g/mol. The maximum Gasteiger partial charge on any atom is 0.416 e. The zero-order chi connectivity index (χ0) is 15.8. The topological polar surface area (TPSA) is 82.0 Å². The van der Waals surface area contributed by atoms with Crippen molar-refractivity contribution < 1.29 is 18.0 Å².